The van der Waals surface area contributed by atoms with Gasteiger partial charge in [-0.3, -0.25) is 4.79 Å². The van der Waals surface area contributed by atoms with Crippen LogP contribution in [0.3, 0.4) is 0 Å². The van der Waals surface area contributed by atoms with Gasteiger partial charge in [0.25, 0.3) is 5.91 Å². The second-order valence-electron chi connectivity index (χ2n) is 6.97. The molecule has 2 N–H and O–H groups in total. The highest BCUT2D eigenvalue weighted by Gasteiger charge is 2.31. The number of benzene rings is 1. The maximum Gasteiger partial charge on any atom is 0.273 e. The summed E-state index contributed by atoms with van der Waals surface area (Å²) in [6.45, 7) is 2.73. The van der Waals surface area contributed by atoms with E-state index in [9.17, 15) is 4.79 Å². The molecule has 1 saturated heterocycles. The molecule has 3 aromatic rings. The molecule has 1 fully saturated rings. The lowest BCUT2D eigenvalue weighted by Crippen LogP contribution is -2.51. The number of rotatable bonds is 4. The Morgan fingerprint density at radius 3 is 2.82 bits per heavy atom. The predicted octanol–water partition coefficient (Wildman–Crippen LogP) is 3.76. The highest BCUT2D eigenvalue weighted by molar-refractivity contribution is 7.13. The Hall–Kier alpha value is -2.22. The summed E-state index contributed by atoms with van der Waals surface area (Å²) < 4.78 is 1.81. The number of amides is 1. The van der Waals surface area contributed by atoms with Crippen molar-refractivity contribution in [3.8, 4) is 16.3 Å². The van der Waals surface area contributed by atoms with Gasteiger partial charge in [-0.15, -0.1) is 23.7 Å². The summed E-state index contributed by atoms with van der Waals surface area (Å²) in [4.78, 5) is 19.5. The molecule has 0 radical (unpaired) electrons. The lowest BCUT2D eigenvalue weighted by atomic mass is 9.96. The van der Waals surface area contributed by atoms with Crippen LogP contribution in [-0.2, 0) is 0 Å². The van der Waals surface area contributed by atoms with Crippen LogP contribution >= 0.6 is 23.7 Å². The van der Waals surface area contributed by atoms with Crippen LogP contribution in [0.5, 0.6) is 0 Å². The first kappa shape index (κ1) is 20.5. The number of halogens is 1. The molecule has 2 atom stereocenters. The molecule has 28 heavy (non-hydrogen) atoms. The van der Waals surface area contributed by atoms with Crippen molar-refractivity contribution in [2.75, 3.05) is 6.54 Å². The monoisotopic (exact) mass is 417 g/mol. The van der Waals surface area contributed by atoms with Crippen molar-refractivity contribution < 1.29 is 4.79 Å². The number of aromatic nitrogens is 3. The number of piperidine rings is 1. The van der Waals surface area contributed by atoms with Gasteiger partial charge in [0.1, 0.15) is 10.7 Å². The van der Waals surface area contributed by atoms with E-state index in [4.69, 9.17) is 5.73 Å². The molecule has 8 heteroatoms. The Kier molecular flexibility index (Phi) is 6.49. The van der Waals surface area contributed by atoms with Gasteiger partial charge < -0.3 is 10.6 Å². The van der Waals surface area contributed by atoms with E-state index < -0.39 is 0 Å². The third-order valence-corrected chi connectivity index (χ3v) is 5.88. The zero-order valence-electron chi connectivity index (χ0n) is 15.7. The second kappa shape index (κ2) is 8.86. The molecule has 148 valence electrons. The van der Waals surface area contributed by atoms with Crippen LogP contribution < -0.4 is 5.73 Å². The largest absolute Gasteiger partial charge is 0.333 e. The molecule has 6 nitrogen and oxygen atoms in total. The highest BCUT2D eigenvalue weighted by Crippen LogP contribution is 2.27. The Morgan fingerprint density at radius 2 is 2.07 bits per heavy atom. The number of carbonyl (C=O) groups is 1. The lowest BCUT2D eigenvalue weighted by molar-refractivity contribution is 0.0578. The minimum absolute atomic E-state index is 0. The molecule has 1 amide bonds. The maximum absolute atomic E-state index is 13.0. The summed E-state index contributed by atoms with van der Waals surface area (Å²) in [5, 5.41) is 7.05. The van der Waals surface area contributed by atoms with E-state index in [1.807, 2.05) is 58.4 Å². The maximum atomic E-state index is 13.0. The third-order valence-electron chi connectivity index (χ3n) is 4.99. The number of para-hydroxylation sites is 1. The first-order valence-corrected chi connectivity index (χ1v) is 10.1. The fourth-order valence-electron chi connectivity index (χ4n) is 3.56. The molecule has 1 aliphatic rings. The van der Waals surface area contributed by atoms with Crippen molar-refractivity contribution in [2.45, 2.75) is 38.3 Å². The van der Waals surface area contributed by atoms with Crippen molar-refractivity contribution in [1.82, 2.24) is 19.7 Å². The standard InChI is InChI=1S/C20H23N5OS.ClH/c1-14(21)18-9-5-6-10-24(18)20(26)17-13-27-19(23-17)15-11-22-25(12-15)16-7-3-2-4-8-16;/h2-4,7-8,11-14,18H,5-6,9-10,21H2,1H3;1H. The summed E-state index contributed by atoms with van der Waals surface area (Å²) in [6.07, 6.45) is 6.83. The summed E-state index contributed by atoms with van der Waals surface area (Å²) in [7, 11) is 0. The van der Waals surface area contributed by atoms with Crippen molar-refractivity contribution in [3.63, 3.8) is 0 Å². The molecule has 0 spiro atoms. The first-order chi connectivity index (χ1) is 13.1. The van der Waals surface area contributed by atoms with E-state index in [0.29, 0.717) is 5.69 Å². The smallest absolute Gasteiger partial charge is 0.273 e. The fraction of sp³-hybridized carbons (Fsp3) is 0.350. The van der Waals surface area contributed by atoms with Gasteiger partial charge in [0.15, 0.2) is 0 Å². The SMILES string of the molecule is CC(N)C1CCCCN1C(=O)c1csc(-c2cnn(-c3ccccc3)c2)n1.Cl. The van der Waals surface area contributed by atoms with Crippen molar-refractivity contribution in [3.05, 3.63) is 53.8 Å². The summed E-state index contributed by atoms with van der Waals surface area (Å²) in [6, 6.07) is 9.99. The number of carbonyl (C=O) groups excluding carboxylic acids is 1. The van der Waals surface area contributed by atoms with E-state index in [-0.39, 0.29) is 30.4 Å². The number of nitrogens with zero attached hydrogens (tertiary/aromatic N) is 4. The van der Waals surface area contributed by atoms with Crippen LogP contribution in [0.25, 0.3) is 16.3 Å². The normalized spacial score (nSPS) is 17.8. The Balaban J connectivity index is 0.00000225. The van der Waals surface area contributed by atoms with Crippen LogP contribution in [0.4, 0.5) is 0 Å². The summed E-state index contributed by atoms with van der Waals surface area (Å²) in [5.74, 6) is -0.0186. The molecule has 1 aromatic carbocycles. The van der Waals surface area contributed by atoms with Crippen molar-refractivity contribution >= 4 is 29.7 Å². The lowest BCUT2D eigenvalue weighted by Gasteiger charge is -2.37. The van der Waals surface area contributed by atoms with Gasteiger partial charge in [-0.1, -0.05) is 18.2 Å². The van der Waals surface area contributed by atoms with Crippen LogP contribution in [0, 0.1) is 0 Å². The van der Waals surface area contributed by atoms with E-state index in [1.165, 1.54) is 11.3 Å². The number of hydrogen-bond donors (Lipinski definition) is 1. The van der Waals surface area contributed by atoms with Crippen LogP contribution in [-0.4, -0.2) is 44.2 Å². The number of nitrogens with two attached hydrogens (primary N) is 1. The van der Waals surface area contributed by atoms with Gasteiger partial charge in [-0.2, -0.15) is 5.10 Å². The molecular weight excluding hydrogens is 394 g/mol. The zero-order valence-corrected chi connectivity index (χ0v) is 17.3. The Labute approximate surface area is 174 Å². The van der Waals surface area contributed by atoms with Crippen molar-refractivity contribution in [2.24, 2.45) is 5.73 Å². The topological polar surface area (TPSA) is 77.0 Å². The zero-order chi connectivity index (χ0) is 18.8. The quantitative estimate of drug-likeness (QED) is 0.701. The van der Waals surface area contributed by atoms with Gasteiger partial charge in [0, 0.05) is 35.8 Å². The fourth-order valence-corrected chi connectivity index (χ4v) is 4.33. The minimum Gasteiger partial charge on any atom is -0.333 e. The van der Waals surface area contributed by atoms with Gasteiger partial charge in [-0.25, -0.2) is 9.67 Å². The van der Waals surface area contributed by atoms with Gasteiger partial charge in [-0.05, 0) is 38.3 Å². The van der Waals surface area contributed by atoms with Crippen molar-refractivity contribution in [1.29, 1.82) is 0 Å². The second-order valence-corrected chi connectivity index (χ2v) is 7.83. The molecule has 2 aromatic heterocycles. The van der Waals surface area contributed by atoms with Crippen LogP contribution in [0.2, 0.25) is 0 Å². The number of thiazole rings is 1. The van der Waals surface area contributed by atoms with E-state index >= 15 is 0 Å². The van der Waals surface area contributed by atoms with Gasteiger partial charge in [0.2, 0.25) is 0 Å². The molecule has 0 aliphatic carbocycles. The molecule has 0 bridgehead atoms. The minimum atomic E-state index is -0.0311. The molecule has 4 rings (SSSR count). The van der Waals surface area contributed by atoms with E-state index in [0.717, 1.165) is 42.1 Å². The summed E-state index contributed by atoms with van der Waals surface area (Å²) >= 11 is 1.47. The number of likely N-dealkylation sites (tertiary alicyclic amines) is 1. The van der Waals surface area contributed by atoms with Gasteiger partial charge >= 0.3 is 0 Å². The average Bonchev–Trinajstić information content (AvgIpc) is 3.37. The average molecular weight is 418 g/mol. The molecule has 2 unspecified atom stereocenters. The van der Waals surface area contributed by atoms with E-state index in [1.54, 1.807) is 6.20 Å². The summed E-state index contributed by atoms with van der Waals surface area (Å²) in [5.41, 5.74) is 8.50. The molecule has 1 aliphatic heterocycles. The molecule has 0 saturated carbocycles. The van der Waals surface area contributed by atoms with Crippen LogP contribution in [0.1, 0.15) is 36.7 Å². The molecule has 3 heterocycles. The van der Waals surface area contributed by atoms with Crippen LogP contribution in [0.15, 0.2) is 48.1 Å². The Bertz CT molecular complexity index is 924. The van der Waals surface area contributed by atoms with E-state index in [2.05, 4.69) is 10.1 Å². The van der Waals surface area contributed by atoms with Gasteiger partial charge in [0.05, 0.1) is 11.9 Å². The Morgan fingerprint density at radius 1 is 1.29 bits per heavy atom. The first-order valence-electron chi connectivity index (χ1n) is 9.26. The highest BCUT2D eigenvalue weighted by atomic mass is 35.5. The third kappa shape index (κ3) is 4.11. The molecular formula is C20H24ClN5OS. The predicted molar refractivity (Wildman–Crippen MR) is 114 cm³/mol. The number of hydrogen-bond acceptors (Lipinski definition) is 5.